The fourth-order valence-electron chi connectivity index (χ4n) is 1.17. The van der Waals surface area contributed by atoms with E-state index in [1.54, 1.807) is 19.6 Å². The van der Waals surface area contributed by atoms with E-state index in [1.165, 1.54) is 0 Å². The molecule has 17 heavy (non-hydrogen) atoms. The molecule has 7 heteroatoms. The SMILES string of the molecule is C[Si](C)(C)Oc1c(F)cc(F)c(C(=O)O)c1F. The van der Waals surface area contributed by atoms with Gasteiger partial charge in [0, 0.05) is 6.07 Å². The van der Waals surface area contributed by atoms with Gasteiger partial charge >= 0.3 is 5.97 Å². The first-order chi connectivity index (χ1) is 7.63. The van der Waals surface area contributed by atoms with Crippen LogP contribution in [-0.4, -0.2) is 19.4 Å². The van der Waals surface area contributed by atoms with Crippen LogP contribution in [0.1, 0.15) is 10.4 Å². The normalized spacial score (nSPS) is 11.4. The van der Waals surface area contributed by atoms with Gasteiger partial charge in [-0.2, -0.15) is 0 Å². The summed E-state index contributed by atoms with van der Waals surface area (Å²) in [5.74, 6) is -6.86. The Morgan fingerprint density at radius 3 is 2.18 bits per heavy atom. The molecule has 0 radical (unpaired) electrons. The van der Waals surface area contributed by atoms with E-state index in [-0.39, 0.29) is 0 Å². The van der Waals surface area contributed by atoms with Crippen molar-refractivity contribution in [3.05, 3.63) is 29.1 Å². The van der Waals surface area contributed by atoms with Crippen LogP contribution in [0.15, 0.2) is 6.07 Å². The molecule has 3 nitrogen and oxygen atoms in total. The molecule has 0 spiro atoms. The van der Waals surface area contributed by atoms with Crippen molar-refractivity contribution in [2.24, 2.45) is 0 Å². The molecule has 0 aromatic heterocycles. The number of carboxylic acid groups (broad SMARTS) is 1. The molecule has 0 saturated heterocycles. The van der Waals surface area contributed by atoms with E-state index in [0.29, 0.717) is 6.07 Å². The Hall–Kier alpha value is -1.50. The maximum Gasteiger partial charge on any atom is 0.341 e. The highest BCUT2D eigenvalue weighted by Gasteiger charge is 2.28. The van der Waals surface area contributed by atoms with Crippen molar-refractivity contribution in [3.63, 3.8) is 0 Å². The van der Waals surface area contributed by atoms with Gasteiger partial charge in [0.15, 0.2) is 17.4 Å². The van der Waals surface area contributed by atoms with Crippen molar-refractivity contribution in [2.45, 2.75) is 19.6 Å². The molecule has 94 valence electrons. The van der Waals surface area contributed by atoms with E-state index >= 15 is 0 Å². The highest BCUT2D eigenvalue weighted by molar-refractivity contribution is 6.70. The number of aromatic carboxylic acids is 1. The molecule has 1 aromatic carbocycles. The second-order valence-electron chi connectivity index (χ2n) is 4.38. The topological polar surface area (TPSA) is 46.5 Å². The molecule has 1 rings (SSSR count). The van der Waals surface area contributed by atoms with Crippen LogP contribution in [0, 0.1) is 17.5 Å². The minimum absolute atomic E-state index is 0.308. The number of halogens is 3. The zero-order valence-corrected chi connectivity index (χ0v) is 10.5. The van der Waals surface area contributed by atoms with E-state index in [4.69, 9.17) is 9.53 Å². The van der Waals surface area contributed by atoms with Gasteiger partial charge in [-0.15, -0.1) is 0 Å². The molecule has 0 atom stereocenters. The van der Waals surface area contributed by atoms with Crippen molar-refractivity contribution in [2.75, 3.05) is 0 Å². The highest BCUT2D eigenvalue weighted by atomic mass is 28.4. The van der Waals surface area contributed by atoms with E-state index < -0.39 is 43.1 Å². The van der Waals surface area contributed by atoms with Crippen molar-refractivity contribution in [1.29, 1.82) is 0 Å². The Morgan fingerprint density at radius 2 is 1.76 bits per heavy atom. The Bertz CT molecular complexity index is 469. The van der Waals surface area contributed by atoms with Gasteiger partial charge < -0.3 is 9.53 Å². The van der Waals surface area contributed by atoms with Crippen molar-refractivity contribution >= 4 is 14.3 Å². The number of carboxylic acids is 1. The van der Waals surface area contributed by atoms with Gasteiger partial charge in [-0.05, 0) is 19.6 Å². The first-order valence-corrected chi connectivity index (χ1v) is 8.14. The first kappa shape index (κ1) is 13.6. The minimum atomic E-state index is -2.33. The lowest BCUT2D eigenvalue weighted by Crippen LogP contribution is -2.30. The quantitative estimate of drug-likeness (QED) is 0.854. The molecule has 0 aliphatic carbocycles. The highest BCUT2D eigenvalue weighted by Crippen LogP contribution is 2.29. The second kappa shape index (κ2) is 4.40. The predicted octanol–water partition coefficient (Wildman–Crippen LogP) is 3.02. The molecule has 0 heterocycles. The lowest BCUT2D eigenvalue weighted by molar-refractivity contribution is 0.0685. The third-order valence-electron chi connectivity index (χ3n) is 1.75. The Kier molecular flexibility index (Phi) is 3.51. The molecule has 0 aliphatic heterocycles. The van der Waals surface area contributed by atoms with E-state index in [2.05, 4.69) is 0 Å². The molecule has 1 aromatic rings. The van der Waals surface area contributed by atoms with Gasteiger partial charge in [-0.25, -0.2) is 18.0 Å². The summed E-state index contributed by atoms with van der Waals surface area (Å²) in [6.45, 7) is 4.99. The van der Waals surface area contributed by atoms with Gasteiger partial charge in [0.05, 0.1) is 0 Å². The van der Waals surface area contributed by atoms with E-state index in [0.717, 1.165) is 0 Å². The average molecular weight is 264 g/mol. The second-order valence-corrected chi connectivity index (χ2v) is 8.81. The molecule has 0 bridgehead atoms. The summed E-state index contributed by atoms with van der Waals surface area (Å²) in [4.78, 5) is 10.6. The van der Waals surface area contributed by atoms with Crippen LogP contribution < -0.4 is 4.43 Å². The lowest BCUT2D eigenvalue weighted by Gasteiger charge is -2.20. The fraction of sp³-hybridized carbons (Fsp3) is 0.300. The summed E-state index contributed by atoms with van der Waals surface area (Å²) in [5.41, 5.74) is -1.21. The van der Waals surface area contributed by atoms with Gasteiger partial charge in [-0.3, -0.25) is 0 Å². The zero-order valence-electron chi connectivity index (χ0n) is 9.47. The van der Waals surface area contributed by atoms with Crippen LogP contribution >= 0.6 is 0 Å². The summed E-state index contributed by atoms with van der Waals surface area (Å²) in [5, 5.41) is 8.61. The van der Waals surface area contributed by atoms with Crippen LogP contribution in [0.5, 0.6) is 5.75 Å². The zero-order chi connectivity index (χ0) is 13.4. The Balaban J connectivity index is 3.41. The maximum atomic E-state index is 13.6. The van der Waals surface area contributed by atoms with E-state index in [1.807, 2.05) is 0 Å². The van der Waals surface area contributed by atoms with Crippen LogP contribution in [0.3, 0.4) is 0 Å². The number of hydrogen-bond donors (Lipinski definition) is 1. The van der Waals surface area contributed by atoms with Gasteiger partial charge in [-0.1, -0.05) is 0 Å². The summed E-state index contributed by atoms with van der Waals surface area (Å²) >= 11 is 0. The monoisotopic (exact) mass is 264 g/mol. The van der Waals surface area contributed by atoms with Crippen LogP contribution in [0.25, 0.3) is 0 Å². The van der Waals surface area contributed by atoms with Crippen molar-refractivity contribution < 1.29 is 27.5 Å². The average Bonchev–Trinajstić information content (AvgIpc) is 2.09. The molecule has 0 fully saturated rings. The number of benzene rings is 1. The predicted molar refractivity (Wildman–Crippen MR) is 57.2 cm³/mol. The molecule has 0 saturated carbocycles. The summed E-state index contributed by atoms with van der Waals surface area (Å²) < 4.78 is 45.1. The van der Waals surface area contributed by atoms with Gasteiger partial charge in [0.25, 0.3) is 0 Å². The van der Waals surface area contributed by atoms with Gasteiger partial charge in [0.1, 0.15) is 11.4 Å². The standard InChI is InChI=1S/C10H11F3O3Si/c1-17(2,3)16-9-6(12)4-5(11)7(8(9)13)10(14)15/h4H,1-3H3,(H,14,15). The fourth-order valence-corrected chi connectivity index (χ4v) is 1.97. The lowest BCUT2D eigenvalue weighted by atomic mass is 10.2. The van der Waals surface area contributed by atoms with Gasteiger partial charge in [0.2, 0.25) is 8.32 Å². The van der Waals surface area contributed by atoms with Crippen molar-refractivity contribution in [3.8, 4) is 5.75 Å². The largest absolute Gasteiger partial charge is 0.540 e. The molecule has 0 amide bonds. The smallest absolute Gasteiger partial charge is 0.341 e. The van der Waals surface area contributed by atoms with Crippen LogP contribution in [-0.2, 0) is 0 Å². The maximum absolute atomic E-state index is 13.6. The third-order valence-corrected chi connectivity index (χ3v) is 2.57. The number of carbonyl (C=O) groups is 1. The molecule has 1 N–H and O–H groups in total. The Labute approximate surface area is 97.0 Å². The molecule has 0 aliphatic rings. The van der Waals surface area contributed by atoms with Crippen LogP contribution in [0.4, 0.5) is 13.2 Å². The molecular formula is C10H11F3O3Si. The Morgan fingerprint density at radius 1 is 1.24 bits per heavy atom. The summed E-state index contributed by atoms with van der Waals surface area (Å²) in [7, 11) is -2.33. The number of rotatable bonds is 3. The third kappa shape index (κ3) is 2.99. The minimum Gasteiger partial charge on any atom is -0.540 e. The summed E-state index contributed by atoms with van der Waals surface area (Å²) in [6, 6.07) is 0.308. The summed E-state index contributed by atoms with van der Waals surface area (Å²) in [6.07, 6.45) is 0. The molecular weight excluding hydrogens is 253 g/mol. The van der Waals surface area contributed by atoms with Crippen LogP contribution in [0.2, 0.25) is 19.6 Å². The van der Waals surface area contributed by atoms with Crippen molar-refractivity contribution in [1.82, 2.24) is 0 Å². The van der Waals surface area contributed by atoms with E-state index in [9.17, 15) is 18.0 Å². The first-order valence-electron chi connectivity index (χ1n) is 4.73. The number of hydrogen-bond acceptors (Lipinski definition) is 2. The molecule has 0 unspecified atom stereocenters.